The molecule has 7 heteroatoms. The zero-order valence-corrected chi connectivity index (χ0v) is 13.6. The molecule has 1 N–H and O–H groups in total. The molecule has 116 valence electrons. The maximum Gasteiger partial charge on any atom is 0.261 e. The fourth-order valence-corrected chi connectivity index (χ4v) is 3.78. The molecular formula is C14H18ClNO4S. The first-order valence-corrected chi connectivity index (χ1v) is 9.06. The highest BCUT2D eigenvalue weighted by molar-refractivity contribution is 8.13. The van der Waals surface area contributed by atoms with E-state index in [-0.39, 0.29) is 23.8 Å². The van der Waals surface area contributed by atoms with Crippen molar-refractivity contribution >= 4 is 25.6 Å². The normalized spacial score (nSPS) is 14.8. The zero-order valence-electron chi connectivity index (χ0n) is 12.0. The molecule has 0 heterocycles. The van der Waals surface area contributed by atoms with Crippen molar-refractivity contribution in [1.82, 2.24) is 5.32 Å². The summed E-state index contributed by atoms with van der Waals surface area (Å²) in [6, 6.07) is 3.57. The van der Waals surface area contributed by atoms with Gasteiger partial charge in [0.05, 0.1) is 17.9 Å². The predicted octanol–water partition coefficient (Wildman–Crippen LogP) is 2.28. The molecule has 1 aromatic rings. The highest BCUT2D eigenvalue weighted by Crippen LogP contribution is 2.28. The van der Waals surface area contributed by atoms with Crippen molar-refractivity contribution in [2.75, 3.05) is 6.61 Å². The van der Waals surface area contributed by atoms with E-state index < -0.39 is 9.05 Å². The van der Waals surface area contributed by atoms with E-state index in [1.54, 1.807) is 26.0 Å². The zero-order chi connectivity index (χ0) is 15.6. The van der Waals surface area contributed by atoms with Gasteiger partial charge in [0.1, 0.15) is 5.75 Å². The summed E-state index contributed by atoms with van der Waals surface area (Å²) in [5, 5.41) is 2.88. The number of hydrogen-bond acceptors (Lipinski definition) is 4. The third kappa shape index (κ3) is 4.61. The Kier molecular flexibility index (Phi) is 4.78. The Bertz CT molecular complexity index is 630. The molecule has 1 saturated carbocycles. The number of carbonyl (C=O) groups excluding carboxylic acids is 1. The smallest absolute Gasteiger partial charge is 0.261 e. The molecule has 0 aromatic heterocycles. The molecule has 1 fully saturated rings. The van der Waals surface area contributed by atoms with E-state index in [0.717, 1.165) is 12.8 Å². The summed E-state index contributed by atoms with van der Waals surface area (Å²) >= 11 is 0. The first-order valence-electron chi connectivity index (χ1n) is 6.75. The van der Waals surface area contributed by atoms with E-state index in [0.29, 0.717) is 22.9 Å². The topological polar surface area (TPSA) is 72.5 Å². The molecule has 0 aliphatic heterocycles. The third-order valence-corrected chi connectivity index (χ3v) is 4.81. The van der Waals surface area contributed by atoms with Crippen LogP contribution in [0.15, 0.2) is 17.0 Å². The summed E-state index contributed by atoms with van der Waals surface area (Å²) < 4.78 is 28.4. The van der Waals surface area contributed by atoms with Gasteiger partial charge >= 0.3 is 0 Å². The molecule has 1 aromatic carbocycles. The van der Waals surface area contributed by atoms with Crippen LogP contribution >= 0.6 is 10.7 Å². The molecule has 0 saturated heterocycles. The molecular weight excluding hydrogens is 314 g/mol. The fraction of sp³-hybridized carbons (Fsp3) is 0.500. The van der Waals surface area contributed by atoms with Crippen LogP contribution in [0.1, 0.15) is 30.4 Å². The lowest BCUT2D eigenvalue weighted by molar-refractivity contribution is -0.121. The summed E-state index contributed by atoms with van der Waals surface area (Å²) in [6.07, 6.45) is 2.39. The third-order valence-electron chi connectivity index (χ3n) is 3.22. The average molecular weight is 332 g/mol. The Morgan fingerprint density at radius 2 is 1.90 bits per heavy atom. The van der Waals surface area contributed by atoms with E-state index in [9.17, 15) is 13.2 Å². The molecule has 1 aliphatic rings. The van der Waals surface area contributed by atoms with Crippen molar-refractivity contribution in [2.24, 2.45) is 0 Å². The Morgan fingerprint density at radius 3 is 2.38 bits per heavy atom. The minimum atomic E-state index is -3.77. The first-order chi connectivity index (χ1) is 9.77. The standard InChI is InChI=1S/C14H18ClNO4S/c1-9-7-12(8-10(2)14(9)21(15,18)19)20-6-5-13(17)16-11-3-4-11/h7-8,11H,3-6H2,1-2H3,(H,16,17). The van der Waals surface area contributed by atoms with Gasteiger partial charge < -0.3 is 10.1 Å². The molecule has 0 bridgehead atoms. The van der Waals surface area contributed by atoms with Crippen LogP contribution in [0.3, 0.4) is 0 Å². The quantitative estimate of drug-likeness (QED) is 0.812. The van der Waals surface area contributed by atoms with Gasteiger partial charge in [-0.1, -0.05) is 0 Å². The summed E-state index contributed by atoms with van der Waals surface area (Å²) in [6.45, 7) is 3.58. The number of ether oxygens (including phenoxy) is 1. The number of nitrogens with one attached hydrogen (secondary N) is 1. The molecule has 1 amide bonds. The van der Waals surface area contributed by atoms with Crippen LogP contribution in [0.4, 0.5) is 0 Å². The van der Waals surface area contributed by atoms with Crippen molar-refractivity contribution in [1.29, 1.82) is 0 Å². The van der Waals surface area contributed by atoms with E-state index >= 15 is 0 Å². The molecule has 0 atom stereocenters. The van der Waals surface area contributed by atoms with Crippen molar-refractivity contribution in [3.8, 4) is 5.75 Å². The van der Waals surface area contributed by atoms with Gasteiger partial charge in [0, 0.05) is 16.7 Å². The Balaban J connectivity index is 1.96. The van der Waals surface area contributed by atoms with Crippen molar-refractivity contribution < 1.29 is 17.9 Å². The second-order valence-corrected chi connectivity index (χ2v) is 7.77. The van der Waals surface area contributed by atoms with Crippen LogP contribution in [-0.4, -0.2) is 27.0 Å². The second kappa shape index (κ2) is 6.23. The van der Waals surface area contributed by atoms with Gasteiger partial charge in [-0.05, 0) is 49.9 Å². The Morgan fingerprint density at radius 1 is 1.33 bits per heavy atom. The molecule has 21 heavy (non-hydrogen) atoms. The fourth-order valence-electron chi connectivity index (χ4n) is 2.17. The van der Waals surface area contributed by atoms with Gasteiger partial charge in [-0.3, -0.25) is 4.79 Å². The van der Waals surface area contributed by atoms with Crippen molar-refractivity contribution in [2.45, 2.75) is 44.0 Å². The largest absolute Gasteiger partial charge is 0.493 e. The van der Waals surface area contributed by atoms with Gasteiger partial charge in [-0.2, -0.15) is 0 Å². The molecule has 0 spiro atoms. The summed E-state index contributed by atoms with van der Waals surface area (Å²) in [7, 11) is 1.63. The molecule has 1 aliphatic carbocycles. The average Bonchev–Trinajstić information content (AvgIpc) is 3.09. The van der Waals surface area contributed by atoms with Gasteiger partial charge in [-0.15, -0.1) is 0 Å². The number of rotatable bonds is 6. The molecule has 5 nitrogen and oxygen atoms in total. The lowest BCUT2D eigenvalue weighted by atomic mass is 10.1. The number of hydrogen-bond donors (Lipinski definition) is 1. The van der Waals surface area contributed by atoms with Crippen molar-refractivity contribution in [3.05, 3.63) is 23.3 Å². The minimum absolute atomic E-state index is 0.0223. The van der Waals surface area contributed by atoms with E-state index in [4.69, 9.17) is 15.4 Å². The summed E-state index contributed by atoms with van der Waals surface area (Å²) in [5.74, 6) is 0.513. The molecule has 0 unspecified atom stereocenters. The van der Waals surface area contributed by atoms with Crippen molar-refractivity contribution in [3.63, 3.8) is 0 Å². The Labute approximate surface area is 129 Å². The minimum Gasteiger partial charge on any atom is -0.493 e. The van der Waals surface area contributed by atoms with Crippen LogP contribution in [-0.2, 0) is 13.8 Å². The van der Waals surface area contributed by atoms with E-state index in [2.05, 4.69) is 5.32 Å². The highest BCUT2D eigenvalue weighted by Gasteiger charge is 2.23. The number of halogens is 1. The highest BCUT2D eigenvalue weighted by atomic mass is 35.7. The lowest BCUT2D eigenvalue weighted by Gasteiger charge is -2.11. The van der Waals surface area contributed by atoms with E-state index in [1.807, 2.05) is 0 Å². The molecule has 2 rings (SSSR count). The summed E-state index contributed by atoms with van der Waals surface area (Å²) in [5.41, 5.74) is 1.06. The molecule has 0 radical (unpaired) electrons. The maximum atomic E-state index is 11.5. The Hall–Kier alpha value is -1.27. The van der Waals surface area contributed by atoms with Crippen LogP contribution in [0.25, 0.3) is 0 Å². The van der Waals surface area contributed by atoms with Gasteiger partial charge in [-0.25, -0.2) is 8.42 Å². The number of benzene rings is 1. The second-order valence-electron chi connectivity index (χ2n) is 5.26. The predicted molar refractivity (Wildman–Crippen MR) is 80.2 cm³/mol. The monoisotopic (exact) mass is 331 g/mol. The number of carbonyl (C=O) groups is 1. The number of amides is 1. The summed E-state index contributed by atoms with van der Waals surface area (Å²) in [4.78, 5) is 11.6. The van der Waals surface area contributed by atoms with Gasteiger partial charge in [0.15, 0.2) is 0 Å². The van der Waals surface area contributed by atoms with E-state index in [1.165, 1.54) is 0 Å². The lowest BCUT2D eigenvalue weighted by Crippen LogP contribution is -2.26. The van der Waals surface area contributed by atoms with Gasteiger partial charge in [0.2, 0.25) is 5.91 Å². The van der Waals surface area contributed by atoms with Crippen LogP contribution < -0.4 is 10.1 Å². The van der Waals surface area contributed by atoms with Crippen LogP contribution in [0.5, 0.6) is 5.75 Å². The van der Waals surface area contributed by atoms with Crippen LogP contribution in [0, 0.1) is 13.8 Å². The first kappa shape index (κ1) is 16.1. The maximum absolute atomic E-state index is 11.5. The SMILES string of the molecule is Cc1cc(OCCC(=O)NC2CC2)cc(C)c1S(=O)(=O)Cl. The van der Waals surface area contributed by atoms with Gasteiger partial charge in [0.25, 0.3) is 9.05 Å². The van der Waals surface area contributed by atoms with Crippen LogP contribution in [0.2, 0.25) is 0 Å². The number of aryl methyl sites for hydroxylation is 2.